The van der Waals surface area contributed by atoms with Crippen LogP contribution in [0.1, 0.15) is 17.2 Å². The third kappa shape index (κ3) is 5.71. The lowest BCUT2D eigenvalue weighted by molar-refractivity contribution is 0.104. The average Bonchev–Trinajstić information content (AvgIpc) is 2.58. The fourth-order valence-electron chi connectivity index (χ4n) is 2.22. The van der Waals surface area contributed by atoms with Gasteiger partial charge in [0.2, 0.25) is 0 Å². The molecular formula is C18H21FN2O2. The molecule has 0 bridgehead atoms. The predicted octanol–water partition coefficient (Wildman–Crippen LogP) is 3.06. The number of rotatable bonds is 7. The number of urea groups is 1. The van der Waals surface area contributed by atoms with E-state index in [1.165, 1.54) is 12.1 Å². The Bertz CT molecular complexity index is 602. The van der Waals surface area contributed by atoms with Crippen molar-refractivity contribution in [1.82, 2.24) is 10.6 Å². The van der Waals surface area contributed by atoms with Gasteiger partial charge in [0.1, 0.15) is 5.82 Å². The lowest BCUT2D eigenvalue weighted by Crippen LogP contribution is -2.39. The normalized spacial score (nSPS) is 11.7. The van der Waals surface area contributed by atoms with E-state index in [0.717, 1.165) is 11.1 Å². The van der Waals surface area contributed by atoms with Crippen LogP contribution in [-0.4, -0.2) is 26.2 Å². The van der Waals surface area contributed by atoms with Gasteiger partial charge in [-0.15, -0.1) is 0 Å². The number of halogens is 1. The topological polar surface area (TPSA) is 50.4 Å². The summed E-state index contributed by atoms with van der Waals surface area (Å²) in [7, 11) is 1.62. The zero-order valence-electron chi connectivity index (χ0n) is 13.1. The van der Waals surface area contributed by atoms with Crippen molar-refractivity contribution in [2.75, 3.05) is 20.2 Å². The van der Waals surface area contributed by atoms with E-state index in [1.54, 1.807) is 19.2 Å². The summed E-state index contributed by atoms with van der Waals surface area (Å²) in [4.78, 5) is 11.8. The first-order valence-corrected chi connectivity index (χ1v) is 7.53. The molecule has 2 amide bonds. The van der Waals surface area contributed by atoms with Crippen molar-refractivity contribution in [3.05, 3.63) is 71.5 Å². The minimum Gasteiger partial charge on any atom is -0.375 e. The summed E-state index contributed by atoms with van der Waals surface area (Å²) in [5.41, 5.74) is 1.99. The Hall–Kier alpha value is -2.40. The van der Waals surface area contributed by atoms with Crippen LogP contribution in [0.3, 0.4) is 0 Å². The molecule has 1 atom stereocenters. The first-order chi connectivity index (χ1) is 11.2. The highest BCUT2D eigenvalue weighted by atomic mass is 19.1. The lowest BCUT2D eigenvalue weighted by atomic mass is 10.1. The van der Waals surface area contributed by atoms with E-state index in [-0.39, 0.29) is 18.0 Å². The second kappa shape index (κ2) is 8.90. The number of methoxy groups -OCH3 is 1. The highest BCUT2D eigenvalue weighted by Crippen LogP contribution is 2.14. The standard InChI is InChI=1S/C18H21FN2O2/c1-23-17(15-5-3-2-4-6-15)13-21-18(22)20-12-11-14-7-9-16(19)10-8-14/h2-10,17H,11-13H2,1H3,(H2,20,21,22). The summed E-state index contributed by atoms with van der Waals surface area (Å²) in [6.07, 6.45) is 0.471. The van der Waals surface area contributed by atoms with Crippen LogP contribution in [0.2, 0.25) is 0 Å². The number of benzene rings is 2. The largest absolute Gasteiger partial charge is 0.375 e. The van der Waals surface area contributed by atoms with Crippen LogP contribution in [-0.2, 0) is 11.2 Å². The number of carbonyl (C=O) groups excluding carboxylic acids is 1. The van der Waals surface area contributed by atoms with Crippen LogP contribution in [0.15, 0.2) is 54.6 Å². The first-order valence-electron chi connectivity index (χ1n) is 7.53. The number of carbonyl (C=O) groups is 1. The zero-order chi connectivity index (χ0) is 16.5. The Morgan fingerprint density at radius 2 is 1.78 bits per heavy atom. The Kier molecular flexibility index (Phi) is 6.56. The zero-order valence-corrected chi connectivity index (χ0v) is 13.1. The maximum absolute atomic E-state index is 12.8. The van der Waals surface area contributed by atoms with Crippen molar-refractivity contribution < 1.29 is 13.9 Å². The summed E-state index contributed by atoms with van der Waals surface area (Å²) in [5, 5.41) is 5.57. The van der Waals surface area contributed by atoms with E-state index >= 15 is 0 Å². The fourth-order valence-corrected chi connectivity index (χ4v) is 2.22. The average molecular weight is 316 g/mol. The third-order valence-electron chi connectivity index (χ3n) is 3.52. The molecule has 5 heteroatoms. The molecule has 0 aliphatic heterocycles. The van der Waals surface area contributed by atoms with Crippen molar-refractivity contribution in [2.45, 2.75) is 12.5 Å². The van der Waals surface area contributed by atoms with Crippen LogP contribution in [0.25, 0.3) is 0 Å². The van der Waals surface area contributed by atoms with Crippen molar-refractivity contribution in [2.24, 2.45) is 0 Å². The predicted molar refractivity (Wildman–Crippen MR) is 87.7 cm³/mol. The van der Waals surface area contributed by atoms with Gasteiger partial charge < -0.3 is 15.4 Å². The van der Waals surface area contributed by atoms with E-state index < -0.39 is 0 Å². The molecule has 2 rings (SSSR count). The molecule has 2 aromatic rings. The molecule has 0 fully saturated rings. The minimum absolute atomic E-state index is 0.181. The van der Waals surface area contributed by atoms with E-state index in [0.29, 0.717) is 19.5 Å². The van der Waals surface area contributed by atoms with Gasteiger partial charge >= 0.3 is 6.03 Å². The van der Waals surface area contributed by atoms with Crippen molar-refractivity contribution in [1.29, 1.82) is 0 Å². The Morgan fingerprint density at radius 1 is 1.09 bits per heavy atom. The SMILES string of the molecule is COC(CNC(=O)NCCc1ccc(F)cc1)c1ccccc1. The van der Waals surface area contributed by atoms with Crippen LogP contribution in [0.5, 0.6) is 0 Å². The van der Waals surface area contributed by atoms with E-state index in [4.69, 9.17) is 4.74 Å². The minimum atomic E-state index is -0.258. The van der Waals surface area contributed by atoms with E-state index in [9.17, 15) is 9.18 Å². The van der Waals surface area contributed by atoms with Crippen molar-refractivity contribution >= 4 is 6.03 Å². The summed E-state index contributed by atoms with van der Waals surface area (Å²) < 4.78 is 18.2. The van der Waals surface area contributed by atoms with Gasteiger partial charge in [0.05, 0.1) is 6.10 Å². The van der Waals surface area contributed by atoms with Gasteiger partial charge in [0, 0.05) is 20.2 Å². The van der Waals surface area contributed by atoms with Crippen LogP contribution < -0.4 is 10.6 Å². The van der Waals surface area contributed by atoms with Gasteiger partial charge in [0.15, 0.2) is 0 Å². The van der Waals surface area contributed by atoms with Crippen LogP contribution in [0, 0.1) is 5.82 Å². The molecule has 0 saturated heterocycles. The fraction of sp³-hybridized carbons (Fsp3) is 0.278. The van der Waals surface area contributed by atoms with Gasteiger partial charge in [0.25, 0.3) is 0 Å². The maximum Gasteiger partial charge on any atom is 0.314 e. The number of hydrogen-bond acceptors (Lipinski definition) is 2. The molecule has 1 unspecified atom stereocenters. The molecule has 0 spiro atoms. The van der Waals surface area contributed by atoms with Gasteiger partial charge in [-0.05, 0) is 29.7 Å². The van der Waals surface area contributed by atoms with E-state index in [1.807, 2.05) is 30.3 Å². The molecule has 2 aromatic carbocycles. The molecule has 0 heterocycles. The number of ether oxygens (including phenoxy) is 1. The highest BCUT2D eigenvalue weighted by Gasteiger charge is 2.11. The Balaban J connectivity index is 1.71. The molecule has 4 nitrogen and oxygen atoms in total. The summed E-state index contributed by atoms with van der Waals surface area (Å²) in [5.74, 6) is -0.258. The number of amides is 2. The molecular weight excluding hydrogens is 295 g/mol. The lowest BCUT2D eigenvalue weighted by Gasteiger charge is -2.16. The van der Waals surface area contributed by atoms with Gasteiger partial charge in [-0.3, -0.25) is 0 Å². The Morgan fingerprint density at radius 3 is 2.43 bits per heavy atom. The summed E-state index contributed by atoms with van der Waals surface area (Å²) in [6.45, 7) is 0.878. The van der Waals surface area contributed by atoms with E-state index in [2.05, 4.69) is 10.6 Å². The van der Waals surface area contributed by atoms with Crippen molar-refractivity contribution in [3.8, 4) is 0 Å². The summed E-state index contributed by atoms with van der Waals surface area (Å²) in [6, 6.07) is 15.7. The second-order valence-electron chi connectivity index (χ2n) is 5.15. The van der Waals surface area contributed by atoms with Gasteiger partial charge in [-0.25, -0.2) is 9.18 Å². The second-order valence-corrected chi connectivity index (χ2v) is 5.15. The molecule has 122 valence electrons. The smallest absolute Gasteiger partial charge is 0.314 e. The number of nitrogens with one attached hydrogen (secondary N) is 2. The number of hydrogen-bond donors (Lipinski definition) is 2. The third-order valence-corrected chi connectivity index (χ3v) is 3.52. The van der Waals surface area contributed by atoms with Crippen LogP contribution in [0.4, 0.5) is 9.18 Å². The maximum atomic E-state index is 12.8. The monoisotopic (exact) mass is 316 g/mol. The van der Waals surface area contributed by atoms with Crippen molar-refractivity contribution in [3.63, 3.8) is 0 Å². The molecule has 0 aromatic heterocycles. The Labute approximate surface area is 135 Å². The molecule has 0 radical (unpaired) electrons. The van der Waals surface area contributed by atoms with Crippen LogP contribution >= 0.6 is 0 Å². The first kappa shape index (κ1) is 17.0. The molecule has 23 heavy (non-hydrogen) atoms. The molecule has 0 aliphatic carbocycles. The summed E-state index contributed by atoms with van der Waals surface area (Å²) >= 11 is 0. The van der Waals surface area contributed by atoms with Gasteiger partial charge in [-0.2, -0.15) is 0 Å². The van der Waals surface area contributed by atoms with Gasteiger partial charge in [-0.1, -0.05) is 42.5 Å². The quantitative estimate of drug-likeness (QED) is 0.825. The molecule has 0 saturated carbocycles. The molecule has 2 N–H and O–H groups in total. The highest BCUT2D eigenvalue weighted by molar-refractivity contribution is 5.73. The molecule has 0 aliphatic rings.